The zero-order chi connectivity index (χ0) is 12.5. The Morgan fingerprint density at radius 3 is 3.06 bits per heavy atom. The summed E-state index contributed by atoms with van der Waals surface area (Å²) in [5.74, 6) is 0.487. The van der Waals surface area contributed by atoms with Crippen molar-refractivity contribution >= 4 is 11.6 Å². The summed E-state index contributed by atoms with van der Waals surface area (Å²) in [7, 11) is 0. The third kappa shape index (κ3) is 1.91. The number of benzene rings is 1. The van der Waals surface area contributed by atoms with Crippen LogP contribution in [0.3, 0.4) is 0 Å². The van der Waals surface area contributed by atoms with Gasteiger partial charge in [0.2, 0.25) is 0 Å². The number of para-hydroxylation sites is 1. The molecule has 1 aromatic carbocycles. The van der Waals surface area contributed by atoms with E-state index in [1.54, 1.807) is 0 Å². The number of morpholine rings is 1. The summed E-state index contributed by atoms with van der Waals surface area (Å²) in [6, 6.07) is 8.14. The van der Waals surface area contributed by atoms with Crippen LogP contribution in [-0.2, 0) is 9.53 Å². The minimum Gasteiger partial charge on any atom is -0.366 e. The van der Waals surface area contributed by atoms with Gasteiger partial charge in [0.25, 0.3) is 5.91 Å². The second-order valence-corrected chi connectivity index (χ2v) is 4.97. The van der Waals surface area contributed by atoms with Gasteiger partial charge < -0.3 is 15.0 Å². The lowest BCUT2D eigenvalue weighted by atomic mass is 10.0. The van der Waals surface area contributed by atoms with Crippen LogP contribution in [0.5, 0.6) is 0 Å². The van der Waals surface area contributed by atoms with Crippen LogP contribution < -0.4 is 10.2 Å². The molecule has 2 aliphatic heterocycles. The SMILES string of the molecule is C[C@H]1CN(C(=O)[C@H]2CNCCO2)c2ccccc21. The van der Waals surface area contributed by atoms with E-state index in [9.17, 15) is 4.79 Å². The van der Waals surface area contributed by atoms with Crippen LogP contribution in [0.2, 0.25) is 0 Å². The van der Waals surface area contributed by atoms with Crippen LogP contribution >= 0.6 is 0 Å². The van der Waals surface area contributed by atoms with Gasteiger partial charge >= 0.3 is 0 Å². The first-order valence-electron chi connectivity index (χ1n) is 6.50. The molecule has 2 aliphatic rings. The van der Waals surface area contributed by atoms with Crippen LogP contribution in [0.4, 0.5) is 5.69 Å². The Bertz CT molecular complexity index is 455. The molecule has 1 N–H and O–H groups in total. The highest BCUT2D eigenvalue weighted by molar-refractivity contribution is 5.99. The Labute approximate surface area is 107 Å². The van der Waals surface area contributed by atoms with E-state index in [4.69, 9.17) is 4.74 Å². The second-order valence-electron chi connectivity index (χ2n) is 4.97. The van der Waals surface area contributed by atoms with E-state index in [-0.39, 0.29) is 12.0 Å². The summed E-state index contributed by atoms with van der Waals surface area (Å²) in [6.45, 7) is 4.98. The fourth-order valence-electron chi connectivity index (χ4n) is 2.73. The summed E-state index contributed by atoms with van der Waals surface area (Å²) in [5.41, 5.74) is 2.30. The van der Waals surface area contributed by atoms with Gasteiger partial charge in [-0.2, -0.15) is 0 Å². The molecule has 1 aromatic rings. The number of ether oxygens (including phenoxy) is 1. The van der Waals surface area contributed by atoms with Crippen LogP contribution in [-0.4, -0.2) is 38.3 Å². The van der Waals surface area contributed by atoms with E-state index >= 15 is 0 Å². The Morgan fingerprint density at radius 1 is 1.44 bits per heavy atom. The molecule has 1 amide bonds. The van der Waals surface area contributed by atoms with Gasteiger partial charge in [-0.25, -0.2) is 0 Å². The van der Waals surface area contributed by atoms with Gasteiger partial charge in [0, 0.05) is 31.2 Å². The van der Waals surface area contributed by atoms with Crippen molar-refractivity contribution in [3.63, 3.8) is 0 Å². The number of fused-ring (bicyclic) bond motifs is 1. The fraction of sp³-hybridized carbons (Fsp3) is 0.500. The van der Waals surface area contributed by atoms with Crippen molar-refractivity contribution < 1.29 is 9.53 Å². The van der Waals surface area contributed by atoms with Gasteiger partial charge in [0.1, 0.15) is 6.10 Å². The highest BCUT2D eigenvalue weighted by atomic mass is 16.5. The summed E-state index contributed by atoms with van der Waals surface area (Å²) in [5, 5.41) is 3.20. The van der Waals surface area contributed by atoms with Crippen molar-refractivity contribution in [2.24, 2.45) is 0 Å². The number of rotatable bonds is 1. The smallest absolute Gasteiger partial charge is 0.257 e. The molecule has 4 nitrogen and oxygen atoms in total. The number of nitrogens with zero attached hydrogens (tertiary/aromatic N) is 1. The second kappa shape index (κ2) is 4.71. The Hall–Kier alpha value is -1.39. The van der Waals surface area contributed by atoms with E-state index in [0.29, 0.717) is 19.1 Å². The van der Waals surface area contributed by atoms with E-state index in [1.807, 2.05) is 23.1 Å². The predicted molar refractivity (Wildman–Crippen MR) is 69.8 cm³/mol. The van der Waals surface area contributed by atoms with Crippen LogP contribution in [0, 0.1) is 0 Å². The number of carbonyl (C=O) groups is 1. The zero-order valence-corrected chi connectivity index (χ0v) is 10.6. The first kappa shape index (κ1) is 11.7. The van der Waals surface area contributed by atoms with Crippen LogP contribution in [0.15, 0.2) is 24.3 Å². The number of hydrogen-bond donors (Lipinski definition) is 1. The summed E-state index contributed by atoms with van der Waals surface area (Å²) in [4.78, 5) is 14.3. The molecule has 2 heterocycles. The van der Waals surface area contributed by atoms with Crippen molar-refractivity contribution in [2.75, 3.05) is 31.1 Å². The largest absolute Gasteiger partial charge is 0.366 e. The molecule has 4 heteroatoms. The molecule has 0 saturated carbocycles. The lowest BCUT2D eigenvalue weighted by molar-refractivity contribution is -0.131. The maximum absolute atomic E-state index is 12.5. The average Bonchev–Trinajstić information content (AvgIpc) is 2.77. The Kier molecular flexibility index (Phi) is 3.06. The molecule has 3 rings (SSSR count). The molecule has 0 aromatic heterocycles. The van der Waals surface area contributed by atoms with Crippen molar-refractivity contribution in [1.29, 1.82) is 0 Å². The van der Waals surface area contributed by atoms with E-state index in [1.165, 1.54) is 5.56 Å². The number of amides is 1. The molecule has 1 fully saturated rings. The summed E-state index contributed by atoms with van der Waals surface area (Å²) in [6.07, 6.45) is -0.336. The normalized spacial score (nSPS) is 27.1. The fourth-order valence-corrected chi connectivity index (χ4v) is 2.73. The van der Waals surface area contributed by atoms with Gasteiger partial charge in [0.15, 0.2) is 0 Å². The number of nitrogens with one attached hydrogen (secondary N) is 1. The van der Waals surface area contributed by atoms with Gasteiger partial charge in [-0.3, -0.25) is 4.79 Å². The molecule has 1 saturated heterocycles. The molecule has 0 aliphatic carbocycles. The monoisotopic (exact) mass is 246 g/mol. The Morgan fingerprint density at radius 2 is 2.28 bits per heavy atom. The quantitative estimate of drug-likeness (QED) is 0.807. The van der Waals surface area contributed by atoms with E-state index in [0.717, 1.165) is 18.8 Å². The average molecular weight is 246 g/mol. The minimum atomic E-state index is -0.336. The molecule has 0 bridgehead atoms. The molecule has 0 radical (unpaired) electrons. The van der Waals surface area contributed by atoms with E-state index < -0.39 is 0 Å². The number of carbonyl (C=O) groups excluding carboxylic acids is 1. The maximum Gasteiger partial charge on any atom is 0.257 e. The third-order valence-corrected chi connectivity index (χ3v) is 3.68. The van der Waals surface area contributed by atoms with Crippen molar-refractivity contribution in [3.8, 4) is 0 Å². The molecular formula is C14H18N2O2. The molecular weight excluding hydrogens is 228 g/mol. The van der Waals surface area contributed by atoms with Crippen LogP contribution in [0.1, 0.15) is 18.4 Å². The van der Waals surface area contributed by atoms with E-state index in [2.05, 4.69) is 18.3 Å². The van der Waals surface area contributed by atoms with Crippen LogP contribution in [0.25, 0.3) is 0 Å². The first-order valence-corrected chi connectivity index (χ1v) is 6.50. The van der Waals surface area contributed by atoms with Gasteiger partial charge in [-0.1, -0.05) is 25.1 Å². The lowest BCUT2D eigenvalue weighted by Crippen LogP contribution is -2.49. The standard InChI is InChI=1S/C14H18N2O2/c1-10-9-16(12-5-3-2-4-11(10)12)14(17)13-8-15-6-7-18-13/h2-5,10,13,15H,6-9H2,1H3/t10-,13+/m0/s1. The predicted octanol–water partition coefficient (Wildman–Crippen LogP) is 1.13. The summed E-state index contributed by atoms with van der Waals surface area (Å²) >= 11 is 0. The number of hydrogen-bond acceptors (Lipinski definition) is 3. The topological polar surface area (TPSA) is 41.6 Å². The summed E-state index contributed by atoms with van der Waals surface area (Å²) < 4.78 is 5.55. The van der Waals surface area contributed by atoms with Crippen molar-refractivity contribution in [1.82, 2.24) is 5.32 Å². The first-order chi connectivity index (χ1) is 8.77. The van der Waals surface area contributed by atoms with Crippen molar-refractivity contribution in [2.45, 2.75) is 18.9 Å². The molecule has 0 spiro atoms. The van der Waals surface area contributed by atoms with Gasteiger partial charge in [-0.15, -0.1) is 0 Å². The molecule has 2 atom stereocenters. The third-order valence-electron chi connectivity index (χ3n) is 3.68. The maximum atomic E-state index is 12.5. The Balaban J connectivity index is 1.83. The highest BCUT2D eigenvalue weighted by Crippen LogP contribution is 2.36. The van der Waals surface area contributed by atoms with Gasteiger partial charge in [-0.05, 0) is 11.6 Å². The molecule has 96 valence electrons. The zero-order valence-electron chi connectivity index (χ0n) is 10.6. The lowest BCUT2D eigenvalue weighted by Gasteiger charge is -2.27. The molecule has 0 unspecified atom stereocenters. The highest BCUT2D eigenvalue weighted by Gasteiger charge is 2.34. The minimum absolute atomic E-state index is 0.0824. The molecule has 18 heavy (non-hydrogen) atoms. The van der Waals surface area contributed by atoms with Crippen molar-refractivity contribution in [3.05, 3.63) is 29.8 Å². The van der Waals surface area contributed by atoms with Gasteiger partial charge in [0.05, 0.1) is 6.61 Å². The number of anilines is 1.